The van der Waals surface area contributed by atoms with Crippen molar-refractivity contribution in [2.75, 3.05) is 7.11 Å². The Morgan fingerprint density at radius 3 is 2.79 bits per heavy atom. The van der Waals surface area contributed by atoms with Crippen LogP contribution in [-0.2, 0) is 22.7 Å². The number of thiazole rings is 1. The fourth-order valence-corrected chi connectivity index (χ4v) is 3.63. The van der Waals surface area contributed by atoms with E-state index in [1.54, 1.807) is 31.4 Å². The number of halogens is 1. The number of carbonyl (C=O) groups is 1. The van der Waals surface area contributed by atoms with E-state index in [1.165, 1.54) is 4.57 Å². The summed E-state index contributed by atoms with van der Waals surface area (Å²) >= 11 is 7.20. The summed E-state index contributed by atoms with van der Waals surface area (Å²) in [5.74, 6) is 0.133. The van der Waals surface area contributed by atoms with Crippen LogP contribution in [0.2, 0.25) is 5.02 Å². The number of rotatable bonds is 5. The molecule has 3 rings (SSSR count). The Balaban J connectivity index is 1.76. The highest BCUT2D eigenvalue weighted by molar-refractivity contribution is 7.16. The average molecular weight is 364 g/mol. The van der Waals surface area contributed by atoms with Gasteiger partial charge in [0, 0.05) is 5.56 Å². The van der Waals surface area contributed by atoms with Crippen molar-refractivity contribution in [1.82, 2.24) is 4.57 Å². The van der Waals surface area contributed by atoms with Crippen LogP contribution in [0.25, 0.3) is 10.2 Å². The molecule has 0 saturated heterocycles. The first-order valence-electron chi connectivity index (χ1n) is 7.15. The lowest BCUT2D eigenvalue weighted by Gasteiger charge is -2.09. The Morgan fingerprint density at radius 1 is 1.21 bits per heavy atom. The van der Waals surface area contributed by atoms with Gasteiger partial charge in [0.2, 0.25) is 0 Å². The summed E-state index contributed by atoms with van der Waals surface area (Å²) in [7, 11) is 1.56. The second-order valence-corrected chi connectivity index (χ2v) is 6.41. The molecule has 1 aromatic heterocycles. The van der Waals surface area contributed by atoms with Crippen LogP contribution >= 0.6 is 22.9 Å². The van der Waals surface area contributed by atoms with Crippen molar-refractivity contribution in [3.8, 4) is 5.75 Å². The number of aromatic nitrogens is 1. The van der Waals surface area contributed by atoms with Crippen molar-refractivity contribution in [3.05, 3.63) is 62.7 Å². The molecule has 124 valence electrons. The molecule has 0 N–H and O–H groups in total. The first kappa shape index (κ1) is 16.5. The number of fused-ring (bicyclic) bond motifs is 1. The Kier molecular flexibility index (Phi) is 4.87. The summed E-state index contributed by atoms with van der Waals surface area (Å²) < 4.78 is 12.6. The van der Waals surface area contributed by atoms with Crippen LogP contribution in [0.4, 0.5) is 0 Å². The maximum Gasteiger partial charge on any atom is 0.326 e. The molecule has 5 nitrogen and oxygen atoms in total. The zero-order chi connectivity index (χ0) is 17.1. The zero-order valence-corrected chi connectivity index (χ0v) is 14.4. The standard InChI is InChI=1S/C17H14ClNO4S/c1-22-13-7-3-2-5-11(13)10-23-15(20)9-19-16-12(18)6-4-8-14(16)24-17(19)21/h2-8H,9-10H2,1H3. The second kappa shape index (κ2) is 7.07. The minimum atomic E-state index is -0.511. The molecular formula is C17H14ClNO4S. The molecule has 0 aliphatic heterocycles. The van der Waals surface area contributed by atoms with Crippen molar-refractivity contribution >= 4 is 39.1 Å². The quantitative estimate of drug-likeness (QED) is 0.651. The minimum Gasteiger partial charge on any atom is -0.496 e. The fraction of sp³-hybridized carbons (Fsp3) is 0.176. The molecule has 0 unspecified atom stereocenters. The average Bonchev–Trinajstić information content (AvgIpc) is 2.90. The highest BCUT2D eigenvalue weighted by Gasteiger charge is 2.15. The summed E-state index contributed by atoms with van der Waals surface area (Å²) in [6, 6.07) is 12.5. The molecular weight excluding hydrogens is 350 g/mol. The molecule has 0 saturated carbocycles. The fourth-order valence-electron chi connectivity index (χ4n) is 2.38. The van der Waals surface area contributed by atoms with Crippen LogP contribution in [0.1, 0.15) is 5.56 Å². The molecule has 0 radical (unpaired) electrons. The van der Waals surface area contributed by atoms with Gasteiger partial charge < -0.3 is 9.47 Å². The molecule has 0 atom stereocenters. The Labute approximate surface area is 147 Å². The van der Waals surface area contributed by atoms with Gasteiger partial charge in [0.25, 0.3) is 0 Å². The molecule has 0 aliphatic carbocycles. The Hall–Kier alpha value is -2.31. The van der Waals surface area contributed by atoms with Gasteiger partial charge in [0.05, 0.1) is 22.3 Å². The smallest absolute Gasteiger partial charge is 0.326 e. The number of ether oxygens (including phenoxy) is 2. The van der Waals surface area contributed by atoms with Crippen molar-refractivity contribution in [3.63, 3.8) is 0 Å². The number of hydrogen-bond acceptors (Lipinski definition) is 5. The number of carbonyl (C=O) groups excluding carboxylic acids is 1. The van der Waals surface area contributed by atoms with Gasteiger partial charge in [-0.3, -0.25) is 14.2 Å². The number of nitrogens with zero attached hydrogens (tertiary/aromatic N) is 1. The van der Waals surface area contributed by atoms with E-state index >= 15 is 0 Å². The van der Waals surface area contributed by atoms with E-state index in [-0.39, 0.29) is 18.0 Å². The monoisotopic (exact) mass is 363 g/mol. The third-order valence-corrected chi connectivity index (χ3v) is 4.76. The largest absolute Gasteiger partial charge is 0.496 e. The molecule has 1 heterocycles. The van der Waals surface area contributed by atoms with E-state index in [9.17, 15) is 9.59 Å². The second-order valence-electron chi connectivity index (χ2n) is 5.01. The highest BCUT2D eigenvalue weighted by atomic mass is 35.5. The molecule has 2 aromatic carbocycles. The van der Waals surface area contributed by atoms with Gasteiger partial charge in [-0.25, -0.2) is 0 Å². The van der Waals surface area contributed by atoms with Gasteiger partial charge in [0.15, 0.2) is 0 Å². The molecule has 0 spiro atoms. The Morgan fingerprint density at radius 2 is 2.00 bits per heavy atom. The summed E-state index contributed by atoms with van der Waals surface area (Å²) in [6.45, 7) is -0.106. The SMILES string of the molecule is COc1ccccc1COC(=O)Cn1c(=O)sc2cccc(Cl)c21. The lowest BCUT2D eigenvalue weighted by molar-refractivity contribution is -0.145. The maximum atomic E-state index is 12.1. The highest BCUT2D eigenvalue weighted by Crippen LogP contribution is 2.25. The summed E-state index contributed by atoms with van der Waals surface area (Å²) in [4.78, 5) is 24.0. The molecule has 3 aromatic rings. The number of esters is 1. The Bertz CT molecular complexity index is 947. The molecule has 0 fully saturated rings. The number of methoxy groups -OCH3 is 1. The van der Waals surface area contributed by atoms with E-state index < -0.39 is 5.97 Å². The summed E-state index contributed by atoms with van der Waals surface area (Å²) in [5.41, 5.74) is 1.32. The van der Waals surface area contributed by atoms with Gasteiger partial charge in [0.1, 0.15) is 18.9 Å². The molecule has 0 bridgehead atoms. The third-order valence-electron chi connectivity index (χ3n) is 3.51. The first-order chi connectivity index (χ1) is 11.6. The van der Waals surface area contributed by atoms with Crippen molar-refractivity contribution in [2.24, 2.45) is 0 Å². The minimum absolute atomic E-state index is 0.0768. The first-order valence-corrected chi connectivity index (χ1v) is 8.35. The molecule has 0 amide bonds. The summed E-state index contributed by atoms with van der Waals surface area (Å²) in [5, 5.41) is 0.434. The number of para-hydroxylation sites is 2. The van der Waals surface area contributed by atoms with E-state index in [0.717, 1.165) is 21.6 Å². The lowest BCUT2D eigenvalue weighted by Crippen LogP contribution is -2.21. The topological polar surface area (TPSA) is 57.5 Å². The van der Waals surface area contributed by atoms with Gasteiger partial charge in [-0.15, -0.1) is 0 Å². The van der Waals surface area contributed by atoms with Crippen molar-refractivity contribution in [2.45, 2.75) is 13.2 Å². The van der Waals surface area contributed by atoms with Crippen LogP contribution < -0.4 is 9.61 Å². The normalized spacial score (nSPS) is 10.8. The summed E-state index contributed by atoms with van der Waals surface area (Å²) in [6.07, 6.45) is 0. The molecule has 0 aliphatic rings. The van der Waals surface area contributed by atoms with Crippen LogP contribution in [0.3, 0.4) is 0 Å². The van der Waals surface area contributed by atoms with Gasteiger partial charge in [-0.05, 0) is 18.2 Å². The van der Waals surface area contributed by atoms with Crippen LogP contribution in [0, 0.1) is 0 Å². The predicted molar refractivity (Wildman–Crippen MR) is 93.9 cm³/mol. The van der Waals surface area contributed by atoms with E-state index in [0.29, 0.717) is 16.3 Å². The lowest BCUT2D eigenvalue weighted by atomic mass is 10.2. The predicted octanol–water partition coefficient (Wildman–Crippen LogP) is 3.47. The van der Waals surface area contributed by atoms with E-state index in [1.807, 2.05) is 18.2 Å². The third kappa shape index (κ3) is 3.29. The van der Waals surface area contributed by atoms with Crippen molar-refractivity contribution in [1.29, 1.82) is 0 Å². The van der Waals surface area contributed by atoms with Gasteiger partial charge in [-0.2, -0.15) is 0 Å². The number of benzene rings is 2. The van der Waals surface area contributed by atoms with E-state index in [4.69, 9.17) is 21.1 Å². The molecule has 7 heteroatoms. The maximum absolute atomic E-state index is 12.1. The zero-order valence-electron chi connectivity index (χ0n) is 12.8. The van der Waals surface area contributed by atoms with Gasteiger partial charge in [-0.1, -0.05) is 47.2 Å². The molecule has 24 heavy (non-hydrogen) atoms. The van der Waals surface area contributed by atoms with E-state index in [2.05, 4.69) is 0 Å². The van der Waals surface area contributed by atoms with Gasteiger partial charge >= 0.3 is 10.8 Å². The number of hydrogen-bond donors (Lipinski definition) is 0. The van der Waals surface area contributed by atoms with Crippen LogP contribution in [-0.4, -0.2) is 17.6 Å². The van der Waals surface area contributed by atoms with Crippen LogP contribution in [0.15, 0.2) is 47.3 Å². The van der Waals surface area contributed by atoms with Crippen LogP contribution in [0.5, 0.6) is 5.75 Å². The van der Waals surface area contributed by atoms with Crippen molar-refractivity contribution < 1.29 is 14.3 Å².